The minimum atomic E-state index is -0.0987. The van der Waals surface area contributed by atoms with Gasteiger partial charge >= 0.3 is 0 Å². The van der Waals surface area contributed by atoms with E-state index in [-0.39, 0.29) is 22.7 Å². The summed E-state index contributed by atoms with van der Waals surface area (Å²) in [6.07, 6.45) is 9.64. The fraction of sp³-hybridized carbons (Fsp3) is 0.818. The summed E-state index contributed by atoms with van der Waals surface area (Å²) in [4.78, 5) is 24.7. The molecule has 4 aliphatic rings. The zero-order valence-electron chi connectivity index (χ0n) is 16.0. The van der Waals surface area contributed by atoms with Crippen molar-refractivity contribution >= 4 is 11.6 Å². The van der Waals surface area contributed by atoms with Crippen LogP contribution in [0, 0.1) is 28.6 Å². The average Bonchev–Trinajstić information content (AvgIpc) is 2.89. The Morgan fingerprint density at radius 1 is 1.08 bits per heavy atom. The molecule has 25 heavy (non-hydrogen) atoms. The van der Waals surface area contributed by atoms with Gasteiger partial charge in [0.2, 0.25) is 0 Å². The summed E-state index contributed by atoms with van der Waals surface area (Å²) in [5.41, 5.74) is 1.26. The van der Waals surface area contributed by atoms with Gasteiger partial charge in [0, 0.05) is 24.9 Å². The molecule has 0 spiro atoms. The van der Waals surface area contributed by atoms with Crippen LogP contribution in [-0.4, -0.2) is 24.3 Å². The number of carbonyl (C=O) groups is 2. The van der Waals surface area contributed by atoms with Crippen molar-refractivity contribution < 1.29 is 14.3 Å². The summed E-state index contributed by atoms with van der Waals surface area (Å²) in [6, 6.07) is 0. The zero-order valence-corrected chi connectivity index (χ0v) is 16.0. The molecule has 3 nitrogen and oxygen atoms in total. The maximum Gasteiger partial charge on any atom is 0.155 e. The number of Topliss-reactive ketones (excluding diaryl/α,β-unsaturated/α-hetero) is 1. The van der Waals surface area contributed by atoms with Gasteiger partial charge in [-0.15, -0.1) is 0 Å². The van der Waals surface area contributed by atoms with Gasteiger partial charge in [0.05, 0.1) is 6.10 Å². The minimum Gasteiger partial charge on any atom is -0.374 e. The Labute approximate surface area is 151 Å². The molecule has 138 valence electrons. The van der Waals surface area contributed by atoms with Crippen LogP contribution in [0.4, 0.5) is 0 Å². The molecule has 0 aromatic heterocycles. The normalized spacial score (nSPS) is 46.3. The van der Waals surface area contributed by atoms with Gasteiger partial charge in [-0.3, -0.25) is 9.59 Å². The van der Waals surface area contributed by atoms with Crippen LogP contribution in [0.2, 0.25) is 0 Å². The first kappa shape index (κ1) is 17.5. The van der Waals surface area contributed by atoms with Gasteiger partial charge in [-0.05, 0) is 73.3 Å². The fourth-order valence-corrected chi connectivity index (χ4v) is 6.77. The van der Waals surface area contributed by atoms with Crippen molar-refractivity contribution in [1.29, 1.82) is 0 Å². The molecule has 6 atom stereocenters. The average molecular weight is 344 g/mol. The van der Waals surface area contributed by atoms with E-state index in [1.165, 1.54) is 5.57 Å². The molecule has 0 aromatic carbocycles. The standard InChI is InChI=1S/C22H32O3/c1-4-11-25-19-13-15-16-5-6-20(24)22(16,3)10-8-17(15)21(2)9-7-14(23)12-18(19)21/h12,15-17,19H,4-11,13H2,1-3H3/t15-,16-,17-,19+,21+,22-/m0/s1. The molecule has 0 saturated heterocycles. The molecule has 0 heterocycles. The highest BCUT2D eigenvalue weighted by Gasteiger charge is 2.60. The molecule has 4 aliphatic carbocycles. The second kappa shape index (κ2) is 6.04. The van der Waals surface area contributed by atoms with Crippen molar-refractivity contribution in [3.05, 3.63) is 11.6 Å². The summed E-state index contributed by atoms with van der Waals surface area (Å²) in [5, 5.41) is 0. The van der Waals surface area contributed by atoms with Gasteiger partial charge < -0.3 is 4.74 Å². The zero-order chi connectivity index (χ0) is 17.8. The van der Waals surface area contributed by atoms with Crippen molar-refractivity contribution in [1.82, 2.24) is 0 Å². The van der Waals surface area contributed by atoms with Crippen LogP contribution < -0.4 is 0 Å². The molecule has 3 saturated carbocycles. The molecule has 3 heteroatoms. The van der Waals surface area contributed by atoms with Crippen molar-refractivity contribution in [3.8, 4) is 0 Å². The first-order chi connectivity index (χ1) is 11.9. The molecular formula is C22H32O3. The second-order valence-electron chi connectivity index (χ2n) is 9.37. The van der Waals surface area contributed by atoms with E-state index in [0.29, 0.717) is 30.0 Å². The summed E-state index contributed by atoms with van der Waals surface area (Å²) < 4.78 is 6.27. The van der Waals surface area contributed by atoms with Crippen LogP contribution in [0.1, 0.15) is 72.1 Å². The minimum absolute atomic E-state index is 0.0773. The summed E-state index contributed by atoms with van der Waals surface area (Å²) in [5.74, 6) is 2.46. The molecule has 0 aliphatic heterocycles. The van der Waals surface area contributed by atoms with E-state index < -0.39 is 0 Å². The maximum atomic E-state index is 12.6. The third-order valence-corrected chi connectivity index (χ3v) is 8.19. The van der Waals surface area contributed by atoms with Gasteiger partial charge in [-0.25, -0.2) is 0 Å². The third-order valence-electron chi connectivity index (χ3n) is 8.19. The molecular weight excluding hydrogens is 312 g/mol. The van der Waals surface area contributed by atoms with Crippen LogP contribution >= 0.6 is 0 Å². The van der Waals surface area contributed by atoms with Gasteiger partial charge in [0.25, 0.3) is 0 Å². The smallest absolute Gasteiger partial charge is 0.155 e. The lowest BCUT2D eigenvalue weighted by Crippen LogP contribution is -2.54. The van der Waals surface area contributed by atoms with Gasteiger partial charge in [0.15, 0.2) is 5.78 Å². The number of fused-ring (bicyclic) bond motifs is 5. The summed E-state index contributed by atoms with van der Waals surface area (Å²) in [6.45, 7) is 7.50. The number of rotatable bonds is 3. The quantitative estimate of drug-likeness (QED) is 0.757. The lowest BCUT2D eigenvalue weighted by atomic mass is 9.47. The predicted octanol–water partition coefficient (Wildman–Crippen LogP) is 4.49. The molecule has 0 aromatic rings. The van der Waals surface area contributed by atoms with E-state index in [2.05, 4.69) is 20.8 Å². The Morgan fingerprint density at radius 2 is 1.84 bits per heavy atom. The number of carbonyl (C=O) groups excluding carboxylic acids is 2. The Kier molecular flexibility index (Phi) is 4.22. The van der Waals surface area contributed by atoms with E-state index in [1.54, 1.807) is 0 Å². The SMILES string of the molecule is CCCO[C@@H]1C[C@@H]2[C@H](CC[C@]3(C)C(=O)CC[C@@H]23)[C@@]2(C)CCC(=O)C=C12. The lowest BCUT2D eigenvalue weighted by Gasteiger charge is -2.58. The van der Waals surface area contributed by atoms with E-state index in [1.807, 2.05) is 6.08 Å². The van der Waals surface area contributed by atoms with Gasteiger partial charge in [-0.2, -0.15) is 0 Å². The van der Waals surface area contributed by atoms with E-state index in [4.69, 9.17) is 4.74 Å². The molecule has 3 fully saturated rings. The molecule has 0 bridgehead atoms. The Balaban J connectivity index is 1.71. The third kappa shape index (κ3) is 2.49. The second-order valence-corrected chi connectivity index (χ2v) is 9.37. The summed E-state index contributed by atoms with van der Waals surface area (Å²) in [7, 11) is 0. The maximum absolute atomic E-state index is 12.6. The van der Waals surface area contributed by atoms with Gasteiger partial charge in [-0.1, -0.05) is 20.8 Å². The van der Waals surface area contributed by atoms with E-state index in [0.717, 1.165) is 51.6 Å². The van der Waals surface area contributed by atoms with Crippen LogP contribution in [0.15, 0.2) is 11.6 Å². The van der Waals surface area contributed by atoms with E-state index >= 15 is 0 Å². The summed E-state index contributed by atoms with van der Waals surface area (Å²) >= 11 is 0. The van der Waals surface area contributed by atoms with Gasteiger partial charge in [0.1, 0.15) is 5.78 Å². The predicted molar refractivity (Wildman–Crippen MR) is 97.1 cm³/mol. The number of ketones is 2. The van der Waals surface area contributed by atoms with E-state index in [9.17, 15) is 9.59 Å². The van der Waals surface area contributed by atoms with Crippen molar-refractivity contribution in [3.63, 3.8) is 0 Å². The van der Waals surface area contributed by atoms with Crippen LogP contribution in [0.25, 0.3) is 0 Å². The lowest BCUT2D eigenvalue weighted by molar-refractivity contribution is -0.135. The molecule has 4 rings (SSSR count). The van der Waals surface area contributed by atoms with Crippen LogP contribution in [0.5, 0.6) is 0 Å². The first-order valence-corrected chi connectivity index (χ1v) is 10.3. The molecule has 0 unspecified atom stereocenters. The largest absolute Gasteiger partial charge is 0.374 e. The molecule has 0 radical (unpaired) electrons. The highest BCUT2D eigenvalue weighted by molar-refractivity contribution is 5.92. The van der Waals surface area contributed by atoms with Crippen LogP contribution in [0.3, 0.4) is 0 Å². The Bertz CT molecular complexity index is 621. The van der Waals surface area contributed by atoms with Crippen molar-refractivity contribution in [2.45, 2.75) is 78.2 Å². The van der Waals surface area contributed by atoms with Crippen molar-refractivity contribution in [2.75, 3.05) is 6.61 Å². The topological polar surface area (TPSA) is 43.4 Å². The van der Waals surface area contributed by atoms with Crippen molar-refractivity contribution in [2.24, 2.45) is 28.6 Å². The number of hydrogen-bond acceptors (Lipinski definition) is 3. The monoisotopic (exact) mass is 344 g/mol. The van der Waals surface area contributed by atoms with Crippen LogP contribution in [-0.2, 0) is 14.3 Å². The Hall–Kier alpha value is -0.960. The number of hydrogen-bond donors (Lipinski definition) is 0. The highest BCUT2D eigenvalue weighted by atomic mass is 16.5. The molecule has 0 N–H and O–H groups in total. The Morgan fingerprint density at radius 3 is 2.60 bits per heavy atom. The number of ether oxygens (including phenoxy) is 1. The molecule has 0 amide bonds. The highest BCUT2D eigenvalue weighted by Crippen LogP contribution is 2.64. The first-order valence-electron chi connectivity index (χ1n) is 10.3. The fourth-order valence-electron chi connectivity index (χ4n) is 6.77.